The Morgan fingerprint density at radius 3 is 2.38 bits per heavy atom. The van der Waals surface area contributed by atoms with Gasteiger partial charge in [-0.3, -0.25) is 0 Å². The lowest BCUT2D eigenvalue weighted by atomic mass is 10.2. The number of halogens is 1. The molecular formula is C19H22ClN3O3. The number of carbonyl (C=O) groups is 1. The molecule has 1 aliphatic heterocycles. The molecule has 1 N–H and O–H groups in total. The number of benzene rings is 2. The molecule has 6 nitrogen and oxygen atoms in total. The van der Waals surface area contributed by atoms with Crippen LogP contribution in [0.2, 0.25) is 5.02 Å². The van der Waals surface area contributed by atoms with Crippen LogP contribution in [0.5, 0.6) is 11.5 Å². The lowest BCUT2D eigenvalue weighted by molar-refractivity contribution is 0.208. The van der Waals surface area contributed by atoms with E-state index in [2.05, 4.69) is 10.2 Å². The zero-order valence-corrected chi connectivity index (χ0v) is 15.6. The monoisotopic (exact) mass is 375 g/mol. The highest BCUT2D eigenvalue weighted by atomic mass is 35.5. The molecule has 0 bridgehead atoms. The summed E-state index contributed by atoms with van der Waals surface area (Å²) < 4.78 is 10.6. The minimum Gasteiger partial charge on any atom is -0.493 e. The van der Waals surface area contributed by atoms with Gasteiger partial charge in [-0.1, -0.05) is 17.7 Å². The molecule has 7 heteroatoms. The highest BCUT2D eigenvalue weighted by Crippen LogP contribution is 2.31. The molecular weight excluding hydrogens is 354 g/mol. The molecule has 138 valence electrons. The molecule has 0 aromatic heterocycles. The van der Waals surface area contributed by atoms with Crippen molar-refractivity contribution in [2.24, 2.45) is 0 Å². The minimum atomic E-state index is -0.112. The van der Waals surface area contributed by atoms with Crippen molar-refractivity contribution >= 4 is 29.0 Å². The highest BCUT2D eigenvalue weighted by Gasteiger charge is 2.22. The molecule has 2 aromatic carbocycles. The van der Waals surface area contributed by atoms with E-state index in [1.165, 1.54) is 0 Å². The van der Waals surface area contributed by atoms with Gasteiger partial charge in [0.05, 0.1) is 14.2 Å². The van der Waals surface area contributed by atoms with Gasteiger partial charge in [-0.05, 0) is 30.3 Å². The van der Waals surface area contributed by atoms with Crippen LogP contribution in [0.3, 0.4) is 0 Å². The average Bonchev–Trinajstić information content (AvgIpc) is 2.67. The molecule has 1 saturated heterocycles. The summed E-state index contributed by atoms with van der Waals surface area (Å²) in [4.78, 5) is 16.5. The Balaban J connectivity index is 1.59. The van der Waals surface area contributed by atoms with Crippen molar-refractivity contribution in [2.75, 3.05) is 50.6 Å². The number of nitrogens with zero attached hydrogens (tertiary/aromatic N) is 2. The Morgan fingerprint density at radius 1 is 1.00 bits per heavy atom. The summed E-state index contributed by atoms with van der Waals surface area (Å²) in [5, 5.41) is 3.49. The normalized spacial score (nSPS) is 14.1. The zero-order chi connectivity index (χ0) is 18.5. The van der Waals surface area contributed by atoms with Gasteiger partial charge >= 0.3 is 6.03 Å². The lowest BCUT2D eigenvalue weighted by Crippen LogP contribution is -2.50. The van der Waals surface area contributed by atoms with Gasteiger partial charge in [-0.25, -0.2) is 4.79 Å². The molecule has 0 spiro atoms. The first-order chi connectivity index (χ1) is 12.6. The fourth-order valence-electron chi connectivity index (χ4n) is 2.96. The van der Waals surface area contributed by atoms with Crippen molar-refractivity contribution in [3.8, 4) is 11.5 Å². The van der Waals surface area contributed by atoms with Crippen LogP contribution < -0.4 is 19.7 Å². The predicted molar refractivity (Wildman–Crippen MR) is 104 cm³/mol. The van der Waals surface area contributed by atoms with Crippen molar-refractivity contribution in [1.82, 2.24) is 4.90 Å². The molecule has 1 heterocycles. The maximum atomic E-state index is 12.4. The SMILES string of the molecule is COc1ccc(N2CCN(C(=O)Nc3cccc(Cl)c3)CC2)cc1OC. The van der Waals surface area contributed by atoms with Gasteiger partial charge in [0.1, 0.15) is 0 Å². The van der Waals surface area contributed by atoms with Crippen molar-refractivity contribution < 1.29 is 14.3 Å². The van der Waals surface area contributed by atoms with Crippen molar-refractivity contribution in [2.45, 2.75) is 0 Å². The number of rotatable bonds is 4. The number of hydrogen-bond acceptors (Lipinski definition) is 4. The third kappa shape index (κ3) is 4.14. The van der Waals surface area contributed by atoms with Crippen LogP contribution in [0.15, 0.2) is 42.5 Å². The molecule has 0 radical (unpaired) electrons. The Morgan fingerprint density at radius 2 is 1.73 bits per heavy atom. The zero-order valence-electron chi connectivity index (χ0n) is 14.9. The quantitative estimate of drug-likeness (QED) is 0.885. The average molecular weight is 376 g/mol. The molecule has 2 amide bonds. The number of piperazine rings is 1. The number of ether oxygens (including phenoxy) is 2. The van der Waals surface area contributed by atoms with E-state index >= 15 is 0 Å². The summed E-state index contributed by atoms with van der Waals surface area (Å²) in [6, 6.07) is 12.9. The van der Waals surface area contributed by atoms with Crippen LogP contribution in [0, 0.1) is 0 Å². The van der Waals surface area contributed by atoms with Gasteiger partial charge in [0, 0.05) is 48.6 Å². The van der Waals surface area contributed by atoms with Gasteiger partial charge in [-0.15, -0.1) is 0 Å². The van der Waals surface area contributed by atoms with Gasteiger partial charge in [0.15, 0.2) is 11.5 Å². The van der Waals surface area contributed by atoms with E-state index in [0.29, 0.717) is 35.3 Å². The Labute approximate surface area is 158 Å². The smallest absolute Gasteiger partial charge is 0.321 e. The number of hydrogen-bond donors (Lipinski definition) is 1. The topological polar surface area (TPSA) is 54.0 Å². The fourth-order valence-corrected chi connectivity index (χ4v) is 3.15. The van der Waals surface area contributed by atoms with Crippen LogP contribution in [-0.4, -0.2) is 51.3 Å². The molecule has 26 heavy (non-hydrogen) atoms. The number of anilines is 2. The van der Waals surface area contributed by atoms with Gasteiger partial charge in [0.2, 0.25) is 0 Å². The van der Waals surface area contributed by atoms with Crippen LogP contribution in [0.4, 0.5) is 16.2 Å². The Kier molecular flexibility index (Phi) is 5.73. The summed E-state index contributed by atoms with van der Waals surface area (Å²) in [6.07, 6.45) is 0. The van der Waals surface area contributed by atoms with E-state index in [9.17, 15) is 4.79 Å². The van der Waals surface area contributed by atoms with Crippen LogP contribution in [0.1, 0.15) is 0 Å². The maximum Gasteiger partial charge on any atom is 0.321 e. The first-order valence-electron chi connectivity index (χ1n) is 8.39. The van der Waals surface area contributed by atoms with Crippen molar-refractivity contribution in [3.05, 3.63) is 47.5 Å². The van der Waals surface area contributed by atoms with Gasteiger partial charge < -0.3 is 24.6 Å². The van der Waals surface area contributed by atoms with Crippen molar-refractivity contribution in [3.63, 3.8) is 0 Å². The number of amides is 2. The molecule has 0 saturated carbocycles. The largest absolute Gasteiger partial charge is 0.493 e. The van der Waals surface area contributed by atoms with Crippen molar-refractivity contribution in [1.29, 1.82) is 0 Å². The van der Waals surface area contributed by atoms with E-state index in [-0.39, 0.29) is 6.03 Å². The summed E-state index contributed by atoms with van der Waals surface area (Å²) in [5.74, 6) is 1.40. The summed E-state index contributed by atoms with van der Waals surface area (Å²) >= 11 is 5.96. The highest BCUT2D eigenvalue weighted by molar-refractivity contribution is 6.30. The predicted octanol–water partition coefficient (Wildman–Crippen LogP) is 3.71. The fraction of sp³-hybridized carbons (Fsp3) is 0.316. The second-order valence-electron chi connectivity index (χ2n) is 5.95. The van der Waals surface area contributed by atoms with E-state index in [0.717, 1.165) is 18.8 Å². The van der Waals surface area contributed by atoms with Gasteiger partial charge in [-0.2, -0.15) is 0 Å². The number of methoxy groups -OCH3 is 2. The molecule has 0 atom stereocenters. The molecule has 1 aliphatic rings. The molecule has 2 aromatic rings. The number of nitrogens with one attached hydrogen (secondary N) is 1. The molecule has 3 rings (SSSR count). The lowest BCUT2D eigenvalue weighted by Gasteiger charge is -2.36. The molecule has 0 aliphatic carbocycles. The summed E-state index contributed by atoms with van der Waals surface area (Å²) in [6.45, 7) is 2.78. The third-order valence-electron chi connectivity index (χ3n) is 4.38. The second-order valence-corrected chi connectivity index (χ2v) is 6.39. The van der Waals surface area contributed by atoms with Gasteiger partial charge in [0.25, 0.3) is 0 Å². The molecule has 1 fully saturated rings. The van der Waals surface area contributed by atoms with E-state index in [1.54, 1.807) is 31.3 Å². The second kappa shape index (κ2) is 8.19. The standard InChI is InChI=1S/C19H22ClN3O3/c1-25-17-7-6-16(13-18(17)26-2)22-8-10-23(11-9-22)19(24)21-15-5-3-4-14(20)12-15/h3-7,12-13H,8-11H2,1-2H3,(H,21,24). The number of carbonyl (C=O) groups excluding carboxylic acids is 1. The Hall–Kier alpha value is -2.60. The first-order valence-corrected chi connectivity index (χ1v) is 8.77. The first kappa shape index (κ1) is 18.2. The number of urea groups is 1. The Bertz CT molecular complexity index is 776. The summed E-state index contributed by atoms with van der Waals surface area (Å²) in [7, 11) is 3.24. The third-order valence-corrected chi connectivity index (χ3v) is 4.61. The van der Waals surface area contributed by atoms with E-state index in [1.807, 2.05) is 30.3 Å². The molecule has 0 unspecified atom stereocenters. The van der Waals surface area contributed by atoms with E-state index < -0.39 is 0 Å². The minimum absolute atomic E-state index is 0.112. The maximum absolute atomic E-state index is 12.4. The van der Waals surface area contributed by atoms with Crippen LogP contribution in [-0.2, 0) is 0 Å². The summed E-state index contributed by atoms with van der Waals surface area (Å²) in [5.41, 5.74) is 1.75. The van der Waals surface area contributed by atoms with Crippen LogP contribution in [0.25, 0.3) is 0 Å². The van der Waals surface area contributed by atoms with E-state index in [4.69, 9.17) is 21.1 Å². The van der Waals surface area contributed by atoms with Crippen LogP contribution >= 0.6 is 11.6 Å².